The molecule has 2 fully saturated rings. The van der Waals surface area contributed by atoms with Gasteiger partial charge in [0.15, 0.2) is 0 Å². The number of carboxylic acid groups (broad SMARTS) is 1. The molecule has 1 amide bonds. The summed E-state index contributed by atoms with van der Waals surface area (Å²) in [6.07, 6.45) is 0.887. The van der Waals surface area contributed by atoms with Gasteiger partial charge >= 0.3 is 5.97 Å². The summed E-state index contributed by atoms with van der Waals surface area (Å²) in [5, 5.41) is 10.7. The van der Waals surface area contributed by atoms with Crippen LogP contribution in [0.4, 0.5) is 0 Å². The number of hydrogen-bond donors (Lipinski definition) is 1. The second-order valence-corrected chi connectivity index (χ2v) is 8.06. The molecule has 0 saturated carbocycles. The summed E-state index contributed by atoms with van der Waals surface area (Å²) < 4.78 is 0. The van der Waals surface area contributed by atoms with Gasteiger partial charge in [-0.05, 0) is 44.2 Å². The summed E-state index contributed by atoms with van der Waals surface area (Å²) in [5.74, 6) is -0.906. The number of amides is 1. The van der Waals surface area contributed by atoms with Crippen LogP contribution in [0.1, 0.15) is 28.5 Å². The average Bonchev–Trinajstić information content (AvgIpc) is 3.14. The Hall–Kier alpha value is -2.47. The number of aliphatic carboxylic acids is 1. The number of pyridine rings is 1. The maximum Gasteiger partial charge on any atom is 0.313 e. The van der Waals surface area contributed by atoms with E-state index in [4.69, 9.17) is 0 Å². The van der Waals surface area contributed by atoms with Crippen LogP contribution >= 0.6 is 0 Å². The van der Waals surface area contributed by atoms with Crippen molar-refractivity contribution in [1.82, 2.24) is 14.8 Å². The molecule has 2 aliphatic rings. The highest BCUT2D eigenvalue weighted by atomic mass is 16.4. The van der Waals surface area contributed by atoms with Crippen LogP contribution in [0.2, 0.25) is 0 Å². The number of carbonyl (C=O) groups excluding carboxylic acids is 1. The molecule has 2 aliphatic heterocycles. The summed E-state index contributed by atoms with van der Waals surface area (Å²) in [7, 11) is 1.95. The number of aryl methyl sites for hydroxylation is 2. The Kier molecular flexibility index (Phi) is 4.18. The number of likely N-dealkylation sites (tertiary alicyclic amines) is 2. The molecule has 0 bridgehead atoms. The fraction of sp³-hybridized carbons (Fsp3) is 0.476. The lowest BCUT2D eigenvalue weighted by Crippen LogP contribution is -2.41. The van der Waals surface area contributed by atoms with Gasteiger partial charge in [-0.3, -0.25) is 14.6 Å². The van der Waals surface area contributed by atoms with Crippen molar-refractivity contribution >= 4 is 22.8 Å². The Morgan fingerprint density at radius 2 is 2.04 bits per heavy atom. The quantitative estimate of drug-likeness (QED) is 0.900. The molecule has 27 heavy (non-hydrogen) atoms. The molecule has 0 spiro atoms. The molecule has 3 heterocycles. The van der Waals surface area contributed by atoms with Gasteiger partial charge in [-0.1, -0.05) is 13.0 Å². The van der Waals surface area contributed by atoms with Gasteiger partial charge in [0.2, 0.25) is 0 Å². The fourth-order valence-electron chi connectivity index (χ4n) is 4.75. The number of carbonyl (C=O) groups is 2. The number of aromatic nitrogens is 1. The SMILES string of the molecule is CCc1ccc2nc(C)cc(C(=O)N3C[C@@H]4CN(C)C[C@]4(C(=O)O)C3)c2c1. The lowest BCUT2D eigenvalue weighted by atomic mass is 9.81. The van der Waals surface area contributed by atoms with Gasteiger partial charge in [-0.25, -0.2) is 0 Å². The fourth-order valence-corrected chi connectivity index (χ4v) is 4.75. The second kappa shape index (κ2) is 6.30. The number of rotatable bonds is 3. The molecule has 0 aliphatic carbocycles. The highest BCUT2D eigenvalue weighted by Gasteiger charge is 2.57. The molecule has 4 rings (SSSR count). The highest BCUT2D eigenvalue weighted by Crippen LogP contribution is 2.43. The number of carboxylic acids is 1. The van der Waals surface area contributed by atoms with Gasteiger partial charge in [-0.2, -0.15) is 0 Å². The van der Waals surface area contributed by atoms with Crippen LogP contribution < -0.4 is 0 Å². The predicted octanol–water partition coefficient (Wildman–Crippen LogP) is 2.19. The number of hydrogen-bond acceptors (Lipinski definition) is 4. The van der Waals surface area contributed by atoms with Crippen molar-refractivity contribution in [2.45, 2.75) is 20.3 Å². The third-order valence-electron chi connectivity index (χ3n) is 6.13. The largest absolute Gasteiger partial charge is 0.481 e. The van der Waals surface area contributed by atoms with Crippen LogP contribution in [-0.4, -0.2) is 65.0 Å². The van der Waals surface area contributed by atoms with E-state index in [1.165, 1.54) is 0 Å². The number of fused-ring (bicyclic) bond motifs is 2. The molecule has 1 aromatic carbocycles. The zero-order chi connectivity index (χ0) is 19.3. The number of nitrogens with zero attached hydrogens (tertiary/aromatic N) is 3. The molecule has 1 aromatic heterocycles. The Labute approximate surface area is 158 Å². The van der Waals surface area contributed by atoms with Crippen molar-refractivity contribution < 1.29 is 14.7 Å². The standard InChI is InChI=1S/C21H25N3O3/c1-4-14-5-6-18-16(8-14)17(7-13(2)22-18)19(25)24-10-15-9-23(3)11-21(15,12-24)20(26)27/h5-8,15H,4,9-12H2,1-3H3,(H,26,27)/t15-,21-/m0/s1. The smallest absolute Gasteiger partial charge is 0.313 e. The third kappa shape index (κ3) is 2.79. The van der Waals surface area contributed by atoms with Gasteiger partial charge < -0.3 is 14.9 Å². The Morgan fingerprint density at radius 3 is 2.70 bits per heavy atom. The van der Waals surface area contributed by atoms with Crippen LogP contribution in [0, 0.1) is 18.3 Å². The zero-order valence-corrected chi connectivity index (χ0v) is 16.0. The first kappa shape index (κ1) is 17.9. The third-order valence-corrected chi connectivity index (χ3v) is 6.13. The molecular formula is C21H25N3O3. The average molecular weight is 367 g/mol. The minimum Gasteiger partial charge on any atom is -0.481 e. The topological polar surface area (TPSA) is 73.7 Å². The van der Waals surface area contributed by atoms with Gasteiger partial charge in [0.1, 0.15) is 5.41 Å². The molecule has 6 nitrogen and oxygen atoms in total. The van der Waals surface area contributed by atoms with Gasteiger partial charge in [0, 0.05) is 43.2 Å². The van der Waals surface area contributed by atoms with Crippen LogP contribution in [-0.2, 0) is 11.2 Å². The van der Waals surface area contributed by atoms with E-state index < -0.39 is 11.4 Å². The molecular weight excluding hydrogens is 342 g/mol. The normalized spacial score (nSPS) is 25.1. The van der Waals surface area contributed by atoms with E-state index in [1.54, 1.807) is 4.90 Å². The summed E-state index contributed by atoms with van der Waals surface area (Å²) >= 11 is 0. The maximum atomic E-state index is 13.4. The molecule has 2 saturated heterocycles. The van der Waals surface area contributed by atoms with Gasteiger partial charge in [0.05, 0.1) is 11.1 Å². The van der Waals surface area contributed by atoms with Crippen molar-refractivity contribution in [3.63, 3.8) is 0 Å². The lowest BCUT2D eigenvalue weighted by molar-refractivity contribution is -0.148. The first-order chi connectivity index (χ1) is 12.8. The van der Waals surface area contributed by atoms with Gasteiger partial charge in [0.25, 0.3) is 5.91 Å². The van der Waals surface area contributed by atoms with E-state index in [1.807, 2.05) is 38.2 Å². The van der Waals surface area contributed by atoms with E-state index >= 15 is 0 Å². The Morgan fingerprint density at radius 1 is 1.26 bits per heavy atom. The predicted molar refractivity (Wildman–Crippen MR) is 103 cm³/mol. The molecule has 2 atom stereocenters. The Bertz CT molecular complexity index is 942. The zero-order valence-electron chi connectivity index (χ0n) is 16.0. The molecule has 2 aromatic rings. The van der Waals surface area contributed by atoms with Crippen molar-refractivity contribution in [1.29, 1.82) is 0 Å². The minimum atomic E-state index is -0.850. The van der Waals surface area contributed by atoms with E-state index in [2.05, 4.69) is 16.8 Å². The van der Waals surface area contributed by atoms with Crippen molar-refractivity contribution in [3.8, 4) is 0 Å². The van der Waals surface area contributed by atoms with Crippen molar-refractivity contribution in [2.75, 3.05) is 33.2 Å². The summed E-state index contributed by atoms with van der Waals surface area (Å²) in [6.45, 7) is 5.94. The van der Waals surface area contributed by atoms with Crippen LogP contribution in [0.3, 0.4) is 0 Å². The highest BCUT2D eigenvalue weighted by molar-refractivity contribution is 6.06. The van der Waals surface area contributed by atoms with E-state index in [9.17, 15) is 14.7 Å². The second-order valence-electron chi connectivity index (χ2n) is 8.06. The number of benzene rings is 1. The van der Waals surface area contributed by atoms with Crippen LogP contribution in [0.25, 0.3) is 10.9 Å². The van der Waals surface area contributed by atoms with E-state index in [0.29, 0.717) is 25.2 Å². The van der Waals surface area contributed by atoms with Crippen molar-refractivity contribution in [3.05, 3.63) is 41.1 Å². The van der Waals surface area contributed by atoms with Crippen molar-refractivity contribution in [2.24, 2.45) is 11.3 Å². The summed E-state index contributed by atoms with van der Waals surface area (Å²) in [4.78, 5) is 33.8. The van der Waals surface area contributed by atoms with Gasteiger partial charge in [-0.15, -0.1) is 0 Å². The molecule has 6 heteroatoms. The summed E-state index contributed by atoms with van der Waals surface area (Å²) in [5.41, 5.74) is 2.53. The van der Waals surface area contributed by atoms with Crippen LogP contribution in [0.15, 0.2) is 24.3 Å². The summed E-state index contributed by atoms with van der Waals surface area (Å²) in [6, 6.07) is 7.87. The Balaban J connectivity index is 1.73. The first-order valence-electron chi connectivity index (χ1n) is 9.45. The van der Waals surface area contributed by atoms with E-state index in [-0.39, 0.29) is 18.4 Å². The first-order valence-corrected chi connectivity index (χ1v) is 9.45. The lowest BCUT2D eigenvalue weighted by Gasteiger charge is -2.24. The maximum absolute atomic E-state index is 13.4. The van der Waals surface area contributed by atoms with E-state index in [0.717, 1.165) is 28.6 Å². The minimum absolute atomic E-state index is 0.0237. The molecule has 0 unspecified atom stereocenters. The van der Waals surface area contributed by atoms with Crippen LogP contribution in [0.5, 0.6) is 0 Å². The molecule has 142 valence electrons. The molecule has 0 radical (unpaired) electrons. The monoisotopic (exact) mass is 367 g/mol. The molecule has 1 N–H and O–H groups in total.